The quantitative estimate of drug-likeness (QED) is 0.0195. The molecule has 0 aromatic heterocycles. The Morgan fingerprint density at radius 2 is 0.814 bits per heavy atom. The first-order chi connectivity index (χ1) is 34.0. The van der Waals surface area contributed by atoms with Crippen LogP contribution >= 0.6 is 7.82 Å². The summed E-state index contributed by atoms with van der Waals surface area (Å²) in [4.78, 5) is 37.8. The van der Waals surface area contributed by atoms with Gasteiger partial charge in [0.25, 0.3) is 7.82 Å². The summed E-state index contributed by atoms with van der Waals surface area (Å²) in [5, 5.41) is 0. The largest absolute Gasteiger partial charge is 0.756 e. The highest BCUT2D eigenvalue weighted by molar-refractivity contribution is 7.45. The molecular weight excluding hydrogens is 894 g/mol. The van der Waals surface area contributed by atoms with Crippen LogP contribution in [0.1, 0.15) is 232 Å². The summed E-state index contributed by atoms with van der Waals surface area (Å²) in [6.07, 6.45) is 67.6. The lowest BCUT2D eigenvalue weighted by Gasteiger charge is -2.28. The van der Waals surface area contributed by atoms with Crippen molar-refractivity contribution in [3.05, 3.63) is 85.1 Å². The lowest BCUT2D eigenvalue weighted by Crippen LogP contribution is -2.37. The zero-order valence-corrected chi connectivity index (χ0v) is 46.6. The minimum Gasteiger partial charge on any atom is -0.756 e. The number of hydrogen-bond donors (Lipinski definition) is 0. The average molecular weight is 1000 g/mol. The number of ether oxygens (including phenoxy) is 2. The number of esters is 2. The first kappa shape index (κ1) is 67.2. The van der Waals surface area contributed by atoms with Crippen molar-refractivity contribution in [2.45, 2.75) is 238 Å². The number of hydrogen-bond acceptors (Lipinski definition) is 8. The predicted octanol–water partition coefficient (Wildman–Crippen LogP) is 16.8. The van der Waals surface area contributed by atoms with Crippen molar-refractivity contribution in [1.82, 2.24) is 0 Å². The molecule has 0 radical (unpaired) electrons. The molecule has 0 bridgehead atoms. The van der Waals surface area contributed by atoms with Crippen LogP contribution in [0.15, 0.2) is 85.1 Å². The second-order valence-electron chi connectivity index (χ2n) is 19.9. The Morgan fingerprint density at radius 3 is 1.21 bits per heavy atom. The number of carbonyl (C=O) groups is 2. The van der Waals surface area contributed by atoms with Crippen LogP contribution in [0.4, 0.5) is 0 Å². The Hall–Kier alpha value is -2.81. The standard InChI is InChI=1S/C60H106NO8P/c1-6-8-10-12-14-16-18-20-22-24-25-26-27-28-29-30-31-32-33-34-35-37-39-41-43-45-47-49-51-53-60(63)69-58(57-68-70(64,65)67-55-54-61(3,4)5)56-66-59(62)52-50-48-46-44-42-40-38-36-23-21-19-17-15-13-11-9-7-2/h8,10,14-17,20-23,25-26,28-29,58H,6-7,9,11-13,18-19,24,27,30-57H2,1-5H3/b10-8-,16-14-,17-15-,22-20-,23-21-,26-25-,29-28-. The molecule has 0 aromatic carbocycles. The minimum atomic E-state index is -4.64. The maximum absolute atomic E-state index is 12.8. The van der Waals surface area contributed by atoms with Crippen LogP contribution in [-0.4, -0.2) is 70.0 Å². The van der Waals surface area contributed by atoms with E-state index >= 15 is 0 Å². The minimum absolute atomic E-state index is 0.0354. The molecule has 0 fully saturated rings. The van der Waals surface area contributed by atoms with Gasteiger partial charge in [-0.2, -0.15) is 0 Å². The van der Waals surface area contributed by atoms with Crippen molar-refractivity contribution in [1.29, 1.82) is 0 Å². The molecular formula is C60H106NO8P. The third kappa shape index (κ3) is 54.5. The first-order valence-electron chi connectivity index (χ1n) is 28.3. The first-order valence-corrected chi connectivity index (χ1v) is 29.8. The Balaban J connectivity index is 4.16. The molecule has 0 saturated carbocycles. The van der Waals surface area contributed by atoms with E-state index < -0.39 is 32.5 Å². The van der Waals surface area contributed by atoms with E-state index in [9.17, 15) is 19.0 Å². The Kier molecular flexibility index (Phi) is 49.1. The van der Waals surface area contributed by atoms with Crippen LogP contribution in [0.25, 0.3) is 0 Å². The summed E-state index contributed by atoms with van der Waals surface area (Å²) in [5.74, 6) is -0.844. The summed E-state index contributed by atoms with van der Waals surface area (Å²) < 4.78 is 34.1. The van der Waals surface area contributed by atoms with Gasteiger partial charge in [-0.1, -0.05) is 214 Å². The number of phosphoric acid groups is 1. The number of phosphoric ester groups is 1. The molecule has 0 aliphatic rings. The van der Waals surface area contributed by atoms with E-state index in [1.54, 1.807) is 0 Å². The van der Waals surface area contributed by atoms with Gasteiger partial charge >= 0.3 is 11.9 Å². The van der Waals surface area contributed by atoms with E-state index in [0.717, 1.165) is 89.9 Å². The van der Waals surface area contributed by atoms with Crippen LogP contribution < -0.4 is 4.89 Å². The van der Waals surface area contributed by atoms with Crippen molar-refractivity contribution in [3.8, 4) is 0 Å². The molecule has 0 rings (SSSR count). The van der Waals surface area contributed by atoms with Crippen LogP contribution in [0.3, 0.4) is 0 Å². The average Bonchev–Trinajstić information content (AvgIpc) is 3.32. The fourth-order valence-electron chi connectivity index (χ4n) is 7.54. The Morgan fingerprint density at radius 1 is 0.457 bits per heavy atom. The molecule has 0 N–H and O–H groups in total. The molecule has 0 saturated heterocycles. The molecule has 0 spiro atoms. The van der Waals surface area contributed by atoms with Gasteiger partial charge in [0, 0.05) is 12.8 Å². The van der Waals surface area contributed by atoms with E-state index in [1.165, 1.54) is 109 Å². The second kappa shape index (κ2) is 51.1. The summed E-state index contributed by atoms with van der Waals surface area (Å²) >= 11 is 0. The van der Waals surface area contributed by atoms with Gasteiger partial charge in [-0.15, -0.1) is 0 Å². The molecule has 404 valence electrons. The van der Waals surface area contributed by atoms with E-state index in [0.29, 0.717) is 17.4 Å². The van der Waals surface area contributed by atoms with E-state index in [-0.39, 0.29) is 26.1 Å². The van der Waals surface area contributed by atoms with Crippen molar-refractivity contribution in [3.63, 3.8) is 0 Å². The molecule has 70 heavy (non-hydrogen) atoms. The van der Waals surface area contributed by atoms with Gasteiger partial charge < -0.3 is 27.9 Å². The SMILES string of the molecule is CC/C=C\C/C=C\C/C=C\C/C=C\C/C=C\CCCCCCCCCCCCCCCC(=O)OC(COC(=O)CCCCCCCCC/C=C\C/C=C\CCCCC)COP(=O)([O-])OCC[N+](C)(C)C. The van der Waals surface area contributed by atoms with Gasteiger partial charge in [-0.25, -0.2) is 0 Å². The molecule has 2 atom stereocenters. The third-order valence-electron chi connectivity index (χ3n) is 11.9. The highest BCUT2D eigenvalue weighted by Gasteiger charge is 2.21. The zero-order chi connectivity index (χ0) is 51.3. The van der Waals surface area contributed by atoms with Crippen molar-refractivity contribution in [2.75, 3.05) is 47.5 Å². The van der Waals surface area contributed by atoms with Gasteiger partial charge in [-0.05, 0) is 89.9 Å². The third-order valence-corrected chi connectivity index (χ3v) is 12.9. The fraction of sp³-hybridized carbons (Fsp3) is 0.733. The van der Waals surface area contributed by atoms with Gasteiger partial charge in [0.1, 0.15) is 19.8 Å². The molecule has 0 amide bonds. The van der Waals surface area contributed by atoms with E-state index in [2.05, 4.69) is 98.9 Å². The normalized spacial score (nSPS) is 14.0. The summed E-state index contributed by atoms with van der Waals surface area (Å²) in [6, 6.07) is 0. The molecule has 9 nitrogen and oxygen atoms in total. The molecule has 0 aromatic rings. The smallest absolute Gasteiger partial charge is 0.306 e. The lowest BCUT2D eigenvalue weighted by molar-refractivity contribution is -0.870. The second-order valence-corrected chi connectivity index (χ2v) is 21.3. The van der Waals surface area contributed by atoms with Gasteiger partial charge in [0.05, 0.1) is 27.7 Å². The van der Waals surface area contributed by atoms with E-state index in [1.807, 2.05) is 21.1 Å². The fourth-order valence-corrected chi connectivity index (χ4v) is 8.26. The van der Waals surface area contributed by atoms with Crippen molar-refractivity contribution >= 4 is 19.8 Å². The highest BCUT2D eigenvalue weighted by Crippen LogP contribution is 2.38. The summed E-state index contributed by atoms with van der Waals surface area (Å²) in [7, 11) is 1.15. The number of quaternary nitrogens is 1. The van der Waals surface area contributed by atoms with Gasteiger partial charge in [0.2, 0.25) is 0 Å². The van der Waals surface area contributed by atoms with Crippen molar-refractivity contribution in [2.24, 2.45) is 0 Å². The van der Waals surface area contributed by atoms with Crippen LogP contribution in [0.2, 0.25) is 0 Å². The Bertz CT molecular complexity index is 1460. The number of carbonyl (C=O) groups excluding carboxylic acids is 2. The van der Waals surface area contributed by atoms with E-state index in [4.69, 9.17) is 18.5 Å². The topological polar surface area (TPSA) is 111 Å². The molecule has 0 aliphatic heterocycles. The maximum atomic E-state index is 12.8. The monoisotopic (exact) mass is 1000 g/mol. The number of nitrogens with zero attached hydrogens (tertiary/aromatic N) is 1. The number of rotatable bonds is 51. The van der Waals surface area contributed by atoms with Crippen LogP contribution in [0.5, 0.6) is 0 Å². The Labute approximate surface area is 431 Å². The van der Waals surface area contributed by atoms with Gasteiger partial charge in [-0.3, -0.25) is 14.2 Å². The molecule has 2 unspecified atom stereocenters. The summed E-state index contributed by atoms with van der Waals surface area (Å²) in [5.41, 5.74) is 0. The van der Waals surface area contributed by atoms with Crippen LogP contribution in [0, 0.1) is 0 Å². The predicted molar refractivity (Wildman–Crippen MR) is 296 cm³/mol. The lowest BCUT2D eigenvalue weighted by atomic mass is 10.0. The maximum Gasteiger partial charge on any atom is 0.306 e. The number of allylic oxidation sites excluding steroid dienone is 14. The number of likely N-dealkylation sites (N-methyl/N-ethyl adjacent to an activating group) is 1. The summed E-state index contributed by atoms with van der Waals surface area (Å²) in [6.45, 7) is 4.09. The molecule has 0 heterocycles. The highest BCUT2D eigenvalue weighted by atomic mass is 31.2. The zero-order valence-electron chi connectivity index (χ0n) is 45.7. The number of unbranched alkanes of at least 4 members (excludes halogenated alkanes) is 23. The van der Waals surface area contributed by atoms with Crippen LogP contribution in [-0.2, 0) is 32.7 Å². The molecule has 0 aliphatic carbocycles. The molecule has 10 heteroatoms. The van der Waals surface area contributed by atoms with Gasteiger partial charge in [0.15, 0.2) is 6.10 Å². The van der Waals surface area contributed by atoms with Crippen molar-refractivity contribution < 1.29 is 42.1 Å².